The van der Waals surface area contributed by atoms with E-state index in [-0.39, 0.29) is 6.03 Å². The third kappa shape index (κ3) is 2.62. The van der Waals surface area contributed by atoms with Crippen LogP contribution in [0.2, 0.25) is 0 Å². The second-order valence-corrected chi connectivity index (χ2v) is 4.83. The summed E-state index contributed by atoms with van der Waals surface area (Å²) in [5.74, 6) is 0.550. The van der Waals surface area contributed by atoms with Crippen LogP contribution in [0.1, 0.15) is 26.2 Å². The lowest BCUT2D eigenvalue weighted by atomic mass is 9.94. The van der Waals surface area contributed by atoms with E-state index in [0.29, 0.717) is 18.0 Å². The zero-order valence-corrected chi connectivity index (χ0v) is 9.62. The summed E-state index contributed by atoms with van der Waals surface area (Å²) >= 11 is 0. The molecule has 2 aliphatic rings. The summed E-state index contributed by atoms with van der Waals surface area (Å²) < 4.78 is 0. The van der Waals surface area contributed by atoms with Gasteiger partial charge in [0.05, 0.1) is 0 Å². The van der Waals surface area contributed by atoms with Crippen LogP contribution >= 0.6 is 0 Å². The van der Waals surface area contributed by atoms with Crippen LogP contribution in [0.5, 0.6) is 0 Å². The Balaban J connectivity index is 1.81. The van der Waals surface area contributed by atoms with Crippen LogP contribution in [0.15, 0.2) is 0 Å². The van der Waals surface area contributed by atoms with E-state index in [1.807, 2.05) is 11.9 Å². The minimum atomic E-state index is 0.138. The second kappa shape index (κ2) is 4.39. The average molecular weight is 211 g/mol. The summed E-state index contributed by atoms with van der Waals surface area (Å²) in [6.07, 6.45) is 3.39. The molecule has 2 rings (SSSR count). The maximum Gasteiger partial charge on any atom is 0.317 e. The lowest BCUT2D eigenvalue weighted by Crippen LogP contribution is -2.52. The molecule has 2 amide bonds. The third-order valence-electron chi connectivity index (χ3n) is 3.47. The minimum absolute atomic E-state index is 0.138. The summed E-state index contributed by atoms with van der Waals surface area (Å²) in [6.45, 7) is 3.97. The third-order valence-corrected chi connectivity index (χ3v) is 3.47. The average Bonchev–Trinajstić information content (AvgIpc) is 3.01. The van der Waals surface area contributed by atoms with Crippen LogP contribution in [0, 0.1) is 5.92 Å². The lowest BCUT2D eigenvalue weighted by Gasteiger charge is -2.36. The Kier molecular flexibility index (Phi) is 3.14. The van der Waals surface area contributed by atoms with Gasteiger partial charge in [-0.25, -0.2) is 4.79 Å². The Bertz CT molecular complexity index is 240. The van der Waals surface area contributed by atoms with Crippen LogP contribution in [-0.4, -0.2) is 43.2 Å². The van der Waals surface area contributed by atoms with Crippen molar-refractivity contribution in [3.05, 3.63) is 0 Å². The number of carbonyl (C=O) groups excluding carboxylic acids is 1. The van der Waals surface area contributed by atoms with Crippen LogP contribution in [0.25, 0.3) is 0 Å². The largest absolute Gasteiger partial charge is 0.335 e. The van der Waals surface area contributed by atoms with Gasteiger partial charge in [0.2, 0.25) is 0 Å². The first-order valence-electron chi connectivity index (χ1n) is 5.93. The maximum absolute atomic E-state index is 11.8. The fourth-order valence-corrected chi connectivity index (χ4v) is 2.25. The summed E-state index contributed by atoms with van der Waals surface area (Å²) in [5.41, 5.74) is 0. The molecule has 0 spiro atoms. The van der Waals surface area contributed by atoms with Gasteiger partial charge in [0.15, 0.2) is 0 Å². The van der Waals surface area contributed by atoms with Crippen LogP contribution in [-0.2, 0) is 0 Å². The summed E-state index contributed by atoms with van der Waals surface area (Å²) in [5, 5.41) is 6.35. The maximum atomic E-state index is 11.8. The van der Waals surface area contributed by atoms with E-state index in [9.17, 15) is 4.79 Å². The minimum Gasteiger partial charge on any atom is -0.335 e. The van der Waals surface area contributed by atoms with Crippen molar-refractivity contribution < 1.29 is 4.79 Å². The van der Waals surface area contributed by atoms with Crippen molar-refractivity contribution in [3.8, 4) is 0 Å². The van der Waals surface area contributed by atoms with Gasteiger partial charge in [-0.1, -0.05) is 6.92 Å². The fraction of sp³-hybridized carbons (Fsp3) is 0.909. The molecule has 4 nitrogen and oxygen atoms in total. The monoisotopic (exact) mass is 211 g/mol. The number of hydrogen-bond donors (Lipinski definition) is 2. The standard InChI is InChI=1S/C11H21N3O/c1-8-7-14(6-5-10(8)12-2)11(15)13-9-3-4-9/h8-10,12H,3-7H2,1-2H3,(H,13,15). The van der Waals surface area contributed by atoms with Gasteiger partial charge in [-0.05, 0) is 32.2 Å². The van der Waals surface area contributed by atoms with Gasteiger partial charge in [-0.3, -0.25) is 0 Å². The molecule has 2 N–H and O–H groups in total. The van der Waals surface area contributed by atoms with E-state index in [4.69, 9.17) is 0 Å². The number of nitrogens with one attached hydrogen (secondary N) is 2. The second-order valence-electron chi connectivity index (χ2n) is 4.83. The highest BCUT2D eigenvalue weighted by atomic mass is 16.2. The van der Waals surface area contributed by atoms with Gasteiger partial charge in [0.25, 0.3) is 0 Å². The topological polar surface area (TPSA) is 44.4 Å². The number of piperidine rings is 1. The molecule has 0 aromatic heterocycles. The van der Waals surface area contributed by atoms with Crippen molar-refractivity contribution in [3.63, 3.8) is 0 Å². The van der Waals surface area contributed by atoms with Crippen LogP contribution in [0.3, 0.4) is 0 Å². The van der Waals surface area contributed by atoms with E-state index in [2.05, 4.69) is 17.6 Å². The summed E-state index contributed by atoms with van der Waals surface area (Å²) in [6, 6.07) is 1.17. The number of likely N-dealkylation sites (tertiary alicyclic amines) is 1. The van der Waals surface area contributed by atoms with E-state index in [1.165, 1.54) is 0 Å². The van der Waals surface area contributed by atoms with Gasteiger partial charge in [-0.15, -0.1) is 0 Å². The normalized spacial score (nSPS) is 31.5. The first kappa shape index (κ1) is 10.7. The molecule has 0 bridgehead atoms. The Morgan fingerprint density at radius 1 is 1.33 bits per heavy atom. The molecule has 2 fully saturated rings. The molecule has 0 radical (unpaired) electrons. The molecule has 1 saturated carbocycles. The van der Waals surface area contributed by atoms with Gasteiger partial charge < -0.3 is 15.5 Å². The Morgan fingerprint density at radius 3 is 2.60 bits per heavy atom. The molecule has 0 aromatic rings. The molecule has 0 aromatic carbocycles. The molecule has 86 valence electrons. The van der Waals surface area contributed by atoms with Crippen molar-refractivity contribution >= 4 is 6.03 Å². The lowest BCUT2D eigenvalue weighted by molar-refractivity contribution is 0.152. The zero-order chi connectivity index (χ0) is 10.8. The van der Waals surface area contributed by atoms with Crippen molar-refractivity contribution in [1.29, 1.82) is 0 Å². The first-order chi connectivity index (χ1) is 7.20. The SMILES string of the molecule is CNC1CCN(C(=O)NC2CC2)CC1C. The van der Waals surface area contributed by atoms with Crippen molar-refractivity contribution in [1.82, 2.24) is 15.5 Å². The molecular weight excluding hydrogens is 190 g/mol. The highest BCUT2D eigenvalue weighted by molar-refractivity contribution is 5.75. The smallest absolute Gasteiger partial charge is 0.317 e. The number of urea groups is 1. The van der Waals surface area contributed by atoms with E-state index < -0.39 is 0 Å². The summed E-state index contributed by atoms with van der Waals surface area (Å²) in [7, 11) is 2.00. The molecule has 2 atom stereocenters. The highest BCUT2D eigenvalue weighted by Gasteiger charge is 2.30. The highest BCUT2D eigenvalue weighted by Crippen LogP contribution is 2.21. The number of amides is 2. The van der Waals surface area contributed by atoms with Gasteiger partial charge in [0, 0.05) is 25.2 Å². The Labute approximate surface area is 91.4 Å². The molecule has 1 aliphatic heterocycles. The summed E-state index contributed by atoms with van der Waals surface area (Å²) in [4.78, 5) is 13.7. The van der Waals surface area contributed by atoms with Crippen molar-refractivity contribution in [2.45, 2.75) is 38.3 Å². The number of hydrogen-bond acceptors (Lipinski definition) is 2. The Hall–Kier alpha value is -0.770. The molecule has 1 saturated heterocycles. The van der Waals surface area contributed by atoms with E-state index in [0.717, 1.165) is 32.4 Å². The number of rotatable bonds is 2. The molecule has 15 heavy (non-hydrogen) atoms. The zero-order valence-electron chi connectivity index (χ0n) is 9.62. The number of carbonyl (C=O) groups is 1. The van der Waals surface area contributed by atoms with Crippen molar-refractivity contribution in [2.75, 3.05) is 20.1 Å². The predicted octanol–water partition coefficient (Wildman–Crippen LogP) is 0.788. The van der Waals surface area contributed by atoms with E-state index >= 15 is 0 Å². The molecule has 2 unspecified atom stereocenters. The number of nitrogens with zero attached hydrogens (tertiary/aromatic N) is 1. The Morgan fingerprint density at radius 2 is 2.07 bits per heavy atom. The quantitative estimate of drug-likeness (QED) is 0.709. The van der Waals surface area contributed by atoms with Gasteiger partial charge in [0.1, 0.15) is 0 Å². The fourth-order valence-electron chi connectivity index (χ4n) is 2.25. The van der Waals surface area contributed by atoms with Gasteiger partial charge in [-0.2, -0.15) is 0 Å². The molecular formula is C11H21N3O. The van der Waals surface area contributed by atoms with Crippen LogP contribution in [0.4, 0.5) is 4.79 Å². The predicted molar refractivity (Wildman–Crippen MR) is 59.8 cm³/mol. The van der Waals surface area contributed by atoms with Crippen LogP contribution < -0.4 is 10.6 Å². The van der Waals surface area contributed by atoms with Crippen molar-refractivity contribution in [2.24, 2.45) is 5.92 Å². The van der Waals surface area contributed by atoms with E-state index in [1.54, 1.807) is 0 Å². The molecule has 1 aliphatic carbocycles. The molecule has 1 heterocycles. The molecule has 4 heteroatoms. The van der Waals surface area contributed by atoms with Gasteiger partial charge >= 0.3 is 6.03 Å². The first-order valence-corrected chi connectivity index (χ1v) is 5.93.